The van der Waals surface area contributed by atoms with Gasteiger partial charge in [0.15, 0.2) is 0 Å². The van der Waals surface area contributed by atoms with Crippen molar-refractivity contribution in [3.63, 3.8) is 0 Å². The number of rotatable bonds is 8. The molecule has 0 fully saturated rings. The van der Waals surface area contributed by atoms with Gasteiger partial charge in [-0.2, -0.15) is 0 Å². The summed E-state index contributed by atoms with van der Waals surface area (Å²) < 4.78 is 33.6. The average molecular weight is 460 g/mol. The van der Waals surface area contributed by atoms with Crippen LogP contribution in [-0.2, 0) is 23.1 Å². The normalized spacial score (nSPS) is 11.2. The quantitative estimate of drug-likeness (QED) is 0.557. The van der Waals surface area contributed by atoms with Gasteiger partial charge in [-0.05, 0) is 53.6 Å². The number of nitrogens with one attached hydrogen (secondary N) is 1. The van der Waals surface area contributed by atoms with Gasteiger partial charge in [-0.1, -0.05) is 23.7 Å². The predicted octanol–water partition coefficient (Wildman–Crippen LogP) is 3.49. The third kappa shape index (κ3) is 5.81. The summed E-state index contributed by atoms with van der Waals surface area (Å²) in [6.07, 6.45) is 3.30. The standard InChI is InChI=1S/C22H22ClN3O4S/c1-26(15-17-9-11-24-12-10-17)22(27)18-5-8-20(30-2)21(13-18)31(28,29)25-14-16-3-6-19(23)7-4-16/h3-13,25H,14-15H2,1-2H3. The van der Waals surface area contributed by atoms with Crippen molar-refractivity contribution in [2.75, 3.05) is 14.2 Å². The van der Waals surface area contributed by atoms with Crippen molar-refractivity contribution in [2.24, 2.45) is 0 Å². The zero-order valence-electron chi connectivity index (χ0n) is 17.1. The summed E-state index contributed by atoms with van der Waals surface area (Å²) in [6, 6.07) is 14.8. The molecule has 2 aromatic carbocycles. The highest BCUT2D eigenvalue weighted by Gasteiger charge is 2.23. The molecule has 3 aromatic rings. The molecule has 0 aliphatic heterocycles. The van der Waals surface area contributed by atoms with Crippen LogP contribution in [0.15, 0.2) is 71.9 Å². The third-order valence-electron chi connectivity index (χ3n) is 4.60. The monoisotopic (exact) mass is 459 g/mol. The molecule has 9 heteroatoms. The number of nitrogens with zero attached hydrogens (tertiary/aromatic N) is 2. The number of amides is 1. The number of benzene rings is 2. The van der Waals surface area contributed by atoms with Gasteiger partial charge in [0.1, 0.15) is 10.6 Å². The maximum absolute atomic E-state index is 12.9. The van der Waals surface area contributed by atoms with E-state index in [0.29, 0.717) is 11.6 Å². The van der Waals surface area contributed by atoms with E-state index in [1.807, 2.05) is 12.1 Å². The molecule has 1 N–H and O–H groups in total. The number of pyridine rings is 1. The molecule has 0 saturated carbocycles. The van der Waals surface area contributed by atoms with Gasteiger partial charge in [0.2, 0.25) is 10.0 Å². The summed E-state index contributed by atoms with van der Waals surface area (Å²) in [6.45, 7) is 0.438. The van der Waals surface area contributed by atoms with E-state index < -0.39 is 10.0 Å². The molecule has 1 heterocycles. The van der Waals surface area contributed by atoms with E-state index in [4.69, 9.17) is 16.3 Å². The minimum absolute atomic E-state index is 0.0722. The zero-order chi connectivity index (χ0) is 22.4. The lowest BCUT2D eigenvalue weighted by Crippen LogP contribution is -2.27. The molecule has 1 aromatic heterocycles. The summed E-state index contributed by atoms with van der Waals surface area (Å²) in [4.78, 5) is 18.2. The van der Waals surface area contributed by atoms with Crippen molar-refractivity contribution >= 4 is 27.5 Å². The molecular formula is C22H22ClN3O4S. The van der Waals surface area contributed by atoms with Crippen LogP contribution in [0.4, 0.5) is 0 Å². The van der Waals surface area contributed by atoms with E-state index >= 15 is 0 Å². The lowest BCUT2D eigenvalue weighted by atomic mass is 10.1. The van der Waals surface area contributed by atoms with E-state index in [0.717, 1.165) is 11.1 Å². The first-order valence-electron chi connectivity index (χ1n) is 9.36. The van der Waals surface area contributed by atoms with E-state index in [2.05, 4.69) is 9.71 Å². The Morgan fingerprint density at radius 2 is 1.74 bits per heavy atom. The molecular weight excluding hydrogens is 438 g/mol. The van der Waals surface area contributed by atoms with Crippen LogP contribution in [0.25, 0.3) is 0 Å². The molecule has 0 atom stereocenters. The van der Waals surface area contributed by atoms with Crippen LogP contribution in [0.3, 0.4) is 0 Å². The number of hydrogen-bond acceptors (Lipinski definition) is 5. The summed E-state index contributed by atoms with van der Waals surface area (Å²) in [5, 5.41) is 0.565. The van der Waals surface area contributed by atoms with Crippen LogP contribution in [0.5, 0.6) is 5.75 Å². The number of hydrogen-bond donors (Lipinski definition) is 1. The molecule has 0 radical (unpaired) electrons. The fraction of sp³-hybridized carbons (Fsp3) is 0.182. The SMILES string of the molecule is COc1ccc(C(=O)N(C)Cc2ccncc2)cc1S(=O)(=O)NCc1ccc(Cl)cc1. The summed E-state index contributed by atoms with van der Waals surface area (Å²) in [5.41, 5.74) is 1.90. The van der Waals surface area contributed by atoms with Crippen LogP contribution < -0.4 is 9.46 Å². The van der Waals surface area contributed by atoms with Crippen molar-refractivity contribution in [1.29, 1.82) is 0 Å². The number of carbonyl (C=O) groups is 1. The molecule has 0 bridgehead atoms. The average Bonchev–Trinajstić information content (AvgIpc) is 2.78. The van der Waals surface area contributed by atoms with E-state index in [1.54, 1.807) is 49.8 Å². The maximum atomic E-state index is 12.9. The second kappa shape index (κ2) is 9.91. The Morgan fingerprint density at radius 1 is 1.06 bits per heavy atom. The Kier molecular flexibility index (Phi) is 7.27. The predicted molar refractivity (Wildman–Crippen MR) is 119 cm³/mol. The summed E-state index contributed by atoms with van der Waals surface area (Å²) >= 11 is 5.87. The van der Waals surface area contributed by atoms with Crippen LogP contribution in [0.2, 0.25) is 5.02 Å². The third-order valence-corrected chi connectivity index (χ3v) is 6.27. The van der Waals surface area contributed by atoms with Crippen molar-refractivity contribution in [1.82, 2.24) is 14.6 Å². The molecule has 1 amide bonds. The molecule has 3 rings (SSSR count). The highest BCUT2D eigenvalue weighted by molar-refractivity contribution is 7.89. The first-order chi connectivity index (χ1) is 14.8. The molecule has 0 saturated heterocycles. The van der Waals surface area contributed by atoms with Gasteiger partial charge in [-0.25, -0.2) is 13.1 Å². The number of ether oxygens (including phenoxy) is 1. The van der Waals surface area contributed by atoms with Gasteiger partial charge in [0.05, 0.1) is 7.11 Å². The Bertz CT molecular complexity index is 1150. The van der Waals surface area contributed by atoms with Gasteiger partial charge in [-0.15, -0.1) is 0 Å². The zero-order valence-corrected chi connectivity index (χ0v) is 18.7. The molecule has 7 nitrogen and oxygen atoms in total. The Morgan fingerprint density at radius 3 is 2.39 bits per heavy atom. The minimum atomic E-state index is -3.94. The lowest BCUT2D eigenvalue weighted by Gasteiger charge is -2.18. The Balaban J connectivity index is 1.81. The minimum Gasteiger partial charge on any atom is -0.495 e. The molecule has 162 valence electrons. The van der Waals surface area contributed by atoms with Gasteiger partial charge in [0, 0.05) is 43.1 Å². The van der Waals surface area contributed by atoms with Crippen LogP contribution in [0, 0.1) is 0 Å². The summed E-state index contributed by atoms with van der Waals surface area (Å²) in [7, 11) is -0.907. The topological polar surface area (TPSA) is 88.6 Å². The number of sulfonamides is 1. The molecule has 0 spiro atoms. The molecule has 0 aliphatic carbocycles. The first kappa shape index (κ1) is 22.7. The number of carbonyl (C=O) groups excluding carboxylic acids is 1. The number of halogens is 1. The van der Waals surface area contributed by atoms with Crippen LogP contribution in [-0.4, -0.2) is 38.4 Å². The Labute approximate surface area is 186 Å². The lowest BCUT2D eigenvalue weighted by molar-refractivity contribution is 0.0784. The second-order valence-electron chi connectivity index (χ2n) is 6.83. The molecule has 0 aliphatic rings. The summed E-state index contributed by atoms with van der Waals surface area (Å²) in [5.74, 6) is -0.162. The molecule has 31 heavy (non-hydrogen) atoms. The smallest absolute Gasteiger partial charge is 0.253 e. The number of methoxy groups -OCH3 is 1. The van der Waals surface area contributed by atoms with E-state index in [1.165, 1.54) is 24.1 Å². The first-order valence-corrected chi connectivity index (χ1v) is 11.2. The van der Waals surface area contributed by atoms with Crippen molar-refractivity contribution < 1.29 is 17.9 Å². The highest BCUT2D eigenvalue weighted by atomic mass is 35.5. The largest absolute Gasteiger partial charge is 0.495 e. The van der Waals surface area contributed by atoms with E-state index in [9.17, 15) is 13.2 Å². The van der Waals surface area contributed by atoms with Crippen molar-refractivity contribution in [3.05, 3.63) is 88.7 Å². The van der Waals surface area contributed by atoms with Gasteiger partial charge in [0.25, 0.3) is 5.91 Å². The van der Waals surface area contributed by atoms with Crippen LogP contribution in [0.1, 0.15) is 21.5 Å². The van der Waals surface area contributed by atoms with Crippen LogP contribution >= 0.6 is 11.6 Å². The van der Waals surface area contributed by atoms with E-state index in [-0.39, 0.29) is 28.7 Å². The van der Waals surface area contributed by atoms with Gasteiger partial charge >= 0.3 is 0 Å². The van der Waals surface area contributed by atoms with Crippen molar-refractivity contribution in [2.45, 2.75) is 18.0 Å². The maximum Gasteiger partial charge on any atom is 0.253 e. The fourth-order valence-corrected chi connectivity index (χ4v) is 4.27. The second-order valence-corrected chi connectivity index (χ2v) is 9.01. The molecule has 0 unspecified atom stereocenters. The Hall–Kier alpha value is -2.94. The highest BCUT2D eigenvalue weighted by Crippen LogP contribution is 2.26. The number of aromatic nitrogens is 1. The van der Waals surface area contributed by atoms with Gasteiger partial charge in [-0.3, -0.25) is 9.78 Å². The van der Waals surface area contributed by atoms with Crippen molar-refractivity contribution in [3.8, 4) is 5.75 Å². The fourth-order valence-electron chi connectivity index (χ4n) is 2.93. The van der Waals surface area contributed by atoms with Gasteiger partial charge < -0.3 is 9.64 Å².